The highest BCUT2D eigenvalue weighted by Crippen LogP contribution is 2.29. The molecule has 138 valence electrons. The van der Waals surface area contributed by atoms with Gasteiger partial charge in [0.2, 0.25) is 0 Å². The lowest BCUT2D eigenvalue weighted by molar-refractivity contribution is 0.0790. The number of amides is 1. The van der Waals surface area contributed by atoms with Crippen LogP contribution in [0.5, 0.6) is 0 Å². The van der Waals surface area contributed by atoms with Crippen molar-refractivity contribution in [2.24, 2.45) is 0 Å². The predicted octanol–water partition coefficient (Wildman–Crippen LogP) is 3.92. The smallest absolute Gasteiger partial charge is 0.253 e. The number of nitrogens with one attached hydrogen (secondary N) is 1. The highest BCUT2D eigenvalue weighted by atomic mass is 32.1. The van der Waals surface area contributed by atoms with E-state index >= 15 is 0 Å². The SMILES string of the molecule is Cc1nc(Nc2ncc(C)s2)cc([C@@H]2CCN(C(=O)c3ccccc3)C2)n1. The van der Waals surface area contributed by atoms with Crippen molar-refractivity contribution in [2.45, 2.75) is 26.2 Å². The standard InChI is InChI=1S/C20H21N5OS/c1-13-11-21-20(27-13)24-18-10-17(22-14(2)23-18)16-8-9-25(12-16)19(26)15-6-4-3-5-7-15/h3-7,10-11,16H,8-9,12H2,1-2H3,(H,21,22,23,24)/t16-/m1/s1. The number of aromatic nitrogens is 3. The van der Waals surface area contributed by atoms with Gasteiger partial charge in [0.15, 0.2) is 5.13 Å². The topological polar surface area (TPSA) is 71.0 Å². The van der Waals surface area contributed by atoms with Gasteiger partial charge in [0.1, 0.15) is 11.6 Å². The Morgan fingerprint density at radius 3 is 2.78 bits per heavy atom. The van der Waals surface area contributed by atoms with Gasteiger partial charge in [-0.2, -0.15) is 0 Å². The van der Waals surface area contributed by atoms with Gasteiger partial charge in [-0.1, -0.05) is 18.2 Å². The molecule has 0 bridgehead atoms. The Morgan fingerprint density at radius 1 is 1.22 bits per heavy atom. The van der Waals surface area contributed by atoms with E-state index in [1.165, 1.54) is 0 Å². The average molecular weight is 379 g/mol. The van der Waals surface area contributed by atoms with Crippen molar-refractivity contribution < 1.29 is 4.79 Å². The van der Waals surface area contributed by atoms with Crippen LogP contribution in [0.15, 0.2) is 42.6 Å². The number of thiazole rings is 1. The third-order valence-electron chi connectivity index (χ3n) is 4.63. The van der Waals surface area contributed by atoms with Gasteiger partial charge in [-0.3, -0.25) is 4.79 Å². The predicted molar refractivity (Wildman–Crippen MR) is 107 cm³/mol. The summed E-state index contributed by atoms with van der Waals surface area (Å²) >= 11 is 1.59. The first kappa shape index (κ1) is 17.6. The maximum Gasteiger partial charge on any atom is 0.253 e. The Balaban J connectivity index is 1.49. The van der Waals surface area contributed by atoms with Crippen molar-refractivity contribution in [3.63, 3.8) is 0 Å². The Labute approximate surface area is 162 Å². The highest BCUT2D eigenvalue weighted by molar-refractivity contribution is 7.15. The number of anilines is 2. The maximum atomic E-state index is 12.7. The van der Waals surface area contributed by atoms with Crippen molar-refractivity contribution in [1.29, 1.82) is 0 Å². The summed E-state index contributed by atoms with van der Waals surface area (Å²) in [4.78, 5) is 29.2. The van der Waals surface area contributed by atoms with Crippen LogP contribution in [0.25, 0.3) is 0 Å². The average Bonchev–Trinajstić information content (AvgIpc) is 3.31. The molecule has 0 aliphatic carbocycles. The molecular formula is C20H21N5OS. The second-order valence-corrected chi connectivity index (χ2v) is 7.96. The highest BCUT2D eigenvalue weighted by Gasteiger charge is 2.29. The normalized spacial score (nSPS) is 16.5. The van der Waals surface area contributed by atoms with Crippen LogP contribution in [0.2, 0.25) is 0 Å². The molecule has 0 spiro atoms. The lowest BCUT2D eigenvalue weighted by Gasteiger charge is -2.17. The number of carbonyl (C=O) groups excluding carboxylic acids is 1. The van der Waals surface area contributed by atoms with E-state index in [2.05, 4.69) is 20.3 Å². The third-order valence-corrected chi connectivity index (χ3v) is 5.46. The summed E-state index contributed by atoms with van der Waals surface area (Å²) in [6.07, 6.45) is 2.75. The van der Waals surface area contributed by atoms with Crippen molar-refractivity contribution in [1.82, 2.24) is 19.9 Å². The van der Waals surface area contributed by atoms with Gasteiger partial charge < -0.3 is 10.2 Å². The monoisotopic (exact) mass is 379 g/mol. The van der Waals surface area contributed by atoms with Crippen LogP contribution in [0.4, 0.5) is 10.9 Å². The van der Waals surface area contributed by atoms with Crippen molar-refractivity contribution in [3.8, 4) is 0 Å². The largest absolute Gasteiger partial charge is 0.338 e. The Bertz CT molecular complexity index is 956. The second-order valence-electron chi connectivity index (χ2n) is 6.73. The zero-order valence-corrected chi connectivity index (χ0v) is 16.2. The minimum Gasteiger partial charge on any atom is -0.338 e. The molecule has 1 aliphatic heterocycles. The number of carbonyl (C=O) groups is 1. The lowest BCUT2D eigenvalue weighted by atomic mass is 10.0. The maximum absolute atomic E-state index is 12.7. The van der Waals surface area contributed by atoms with Gasteiger partial charge in [0.25, 0.3) is 5.91 Å². The summed E-state index contributed by atoms with van der Waals surface area (Å²) in [5, 5.41) is 4.09. The summed E-state index contributed by atoms with van der Waals surface area (Å²) in [5.74, 6) is 1.77. The first-order valence-corrected chi connectivity index (χ1v) is 9.79. The molecule has 3 heterocycles. The third kappa shape index (κ3) is 3.98. The van der Waals surface area contributed by atoms with Crippen molar-refractivity contribution in [3.05, 3.63) is 64.6 Å². The molecule has 6 nitrogen and oxygen atoms in total. The number of rotatable bonds is 4. The lowest BCUT2D eigenvalue weighted by Crippen LogP contribution is -2.28. The molecule has 1 aliphatic rings. The van der Waals surface area contributed by atoms with Crippen LogP contribution < -0.4 is 5.32 Å². The van der Waals surface area contributed by atoms with E-state index in [-0.39, 0.29) is 11.8 Å². The van der Waals surface area contributed by atoms with Gasteiger partial charge in [-0.25, -0.2) is 15.0 Å². The Kier molecular flexibility index (Phi) is 4.85. The second kappa shape index (κ2) is 7.44. The van der Waals surface area contributed by atoms with Gasteiger partial charge in [0.05, 0.1) is 5.69 Å². The van der Waals surface area contributed by atoms with Crippen LogP contribution in [0.3, 0.4) is 0 Å². The quantitative estimate of drug-likeness (QED) is 0.744. The Morgan fingerprint density at radius 2 is 2.04 bits per heavy atom. The van der Waals surface area contributed by atoms with Crippen LogP contribution in [0, 0.1) is 13.8 Å². The van der Waals surface area contributed by atoms with Crippen molar-refractivity contribution >= 4 is 28.2 Å². The van der Waals surface area contributed by atoms with Crippen LogP contribution >= 0.6 is 11.3 Å². The van der Waals surface area contributed by atoms with E-state index in [0.29, 0.717) is 6.54 Å². The van der Waals surface area contributed by atoms with Crippen molar-refractivity contribution in [2.75, 3.05) is 18.4 Å². The first-order chi connectivity index (χ1) is 13.1. The zero-order chi connectivity index (χ0) is 18.8. The molecule has 2 aromatic heterocycles. The minimum absolute atomic E-state index is 0.0838. The van der Waals surface area contributed by atoms with Crippen LogP contribution in [-0.2, 0) is 0 Å². The molecule has 27 heavy (non-hydrogen) atoms. The van der Waals surface area contributed by atoms with Gasteiger partial charge >= 0.3 is 0 Å². The summed E-state index contributed by atoms with van der Waals surface area (Å²) in [5.41, 5.74) is 1.71. The number of benzene rings is 1. The van der Waals surface area contributed by atoms with E-state index in [0.717, 1.165) is 45.9 Å². The number of aryl methyl sites for hydroxylation is 2. The van der Waals surface area contributed by atoms with E-state index in [9.17, 15) is 4.79 Å². The molecule has 1 saturated heterocycles. The number of hydrogen-bond donors (Lipinski definition) is 1. The Hall–Kier alpha value is -2.80. The van der Waals surface area contributed by atoms with Crippen LogP contribution in [-0.4, -0.2) is 38.8 Å². The molecule has 3 aromatic rings. The minimum atomic E-state index is 0.0838. The molecule has 4 rings (SSSR count). The molecule has 1 amide bonds. The van der Waals surface area contributed by atoms with E-state index in [1.54, 1.807) is 11.3 Å². The number of likely N-dealkylation sites (tertiary alicyclic amines) is 1. The number of hydrogen-bond acceptors (Lipinski definition) is 6. The molecule has 1 fully saturated rings. The summed E-state index contributed by atoms with van der Waals surface area (Å²) in [6.45, 7) is 5.34. The summed E-state index contributed by atoms with van der Waals surface area (Å²) in [7, 11) is 0. The molecule has 7 heteroatoms. The van der Waals surface area contributed by atoms with E-state index in [1.807, 2.05) is 61.3 Å². The fourth-order valence-corrected chi connectivity index (χ4v) is 4.01. The van der Waals surface area contributed by atoms with Gasteiger partial charge in [0, 0.05) is 41.7 Å². The molecule has 1 aromatic carbocycles. The van der Waals surface area contributed by atoms with E-state index in [4.69, 9.17) is 0 Å². The van der Waals surface area contributed by atoms with E-state index < -0.39 is 0 Å². The summed E-state index contributed by atoms with van der Waals surface area (Å²) in [6, 6.07) is 11.4. The zero-order valence-electron chi connectivity index (χ0n) is 15.3. The molecule has 1 N–H and O–H groups in total. The van der Waals surface area contributed by atoms with Crippen LogP contribution in [0.1, 0.15) is 39.1 Å². The fraction of sp³-hybridized carbons (Fsp3) is 0.300. The molecule has 1 atom stereocenters. The molecule has 0 radical (unpaired) electrons. The first-order valence-electron chi connectivity index (χ1n) is 8.98. The molecule has 0 saturated carbocycles. The fourth-order valence-electron chi connectivity index (χ4n) is 3.34. The molecule has 0 unspecified atom stereocenters. The summed E-state index contributed by atoms with van der Waals surface area (Å²) < 4.78 is 0. The molecular weight excluding hydrogens is 358 g/mol. The van der Waals surface area contributed by atoms with Gasteiger partial charge in [-0.05, 0) is 32.4 Å². The number of nitrogens with zero attached hydrogens (tertiary/aromatic N) is 4. The van der Waals surface area contributed by atoms with Gasteiger partial charge in [-0.15, -0.1) is 11.3 Å².